The smallest absolute Gasteiger partial charge is 0.251 e. The first kappa shape index (κ1) is 20.5. The molecular formula is C23H27N3O4. The van der Waals surface area contributed by atoms with Crippen LogP contribution in [0.5, 0.6) is 0 Å². The van der Waals surface area contributed by atoms with Crippen LogP contribution < -0.4 is 5.32 Å². The van der Waals surface area contributed by atoms with Gasteiger partial charge in [-0.2, -0.15) is 0 Å². The van der Waals surface area contributed by atoms with Crippen LogP contribution in [0, 0.1) is 11.3 Å². The molecule has 2 aromatic rings. The number of ketones is 1. The van der Waals surface area contributed by atoms with Crippen LogP contribution in [0.25, 0.3) is 10.9 Å². The van der Waals surface area contributed by atoms with Gasteiger partial charge in [-0.3, -0.25) is 19.4 Å². The summed E-state index contributed by atoms with van der Waals surface area (Å²) in [5.74, 6) is -0.559. The highest BCUT2D eigenvalue weighted by Crippen LogP contribution is 2.33. The Morgan fingerprint density at radius 1 is 1.27 bits per heavy atom. The van der Waals surface area contributed by atoms with Crippen LogP contribution in [0.4, 0.5) is 0 Å². The number of pyridine rings is 1. The van der Waals surface area contributed by atoms with Gasteiger partial charge in [0.2, 0.25) is 5.91 Å². The predicted molar refractivity (Wildman–Crippen MR) is 112 cm³/mol. The zero-order valence-electron chi connectivity index (χ0n) is 17.7. The molecule has 4 rings (SSSR count). The summed E-state index contributed by atoms with van der Waals surface area (Å²) in [7, 11) is 0. The van der Waals surface area contributed by atoms with Crippen molar-refractivity contribution in [3.05, 3.63) is 42.1 Å². The molecule has 1 unspecified atom stereocenters. The Balaban J connectivity index is 1.59. The molecule has 7 nitrogen and oxygen atoms in total. The minimum absolute atomic E-state index is 0.0428. The van der Waals surface area contributed by atoms with E-state index in [-0.39, 0.29) is 36.2 Å². The molecule has 0 radical (unpaired) electrons. The fraction of sp³-hybridized carbons (Fsp3) is 0.478. The first-order chi connectivity index (χ1) is 14.2. The molecule has 4 atom stereocenters. The molecule has 1 N–H and O–H groups in total. The summed E-state index contributed by atoms with van der Waals surface area (Å²) in [6, 6.07) is 7.65. The molecule has 2 fully saturated rings. The summed E-state index contributed by atoms with van der Waals surface area (Å²) >= 11 is 0. The number of ether oxygens (including phenoxy) is 1. The number of amides is 2. The number of nitrogens with zero attached hydrogens (tertiary/aromatic N) is 2. The molecule has 0 spiro atoms. The third-order valence-corrected chi connectivity index (χ3v) is 5.98. The van der Waals surface area contributed by atoms with Gasteiger partial charge in [-0.1, -0.05) is 33.8 Å². The summed E-state index contributed by atoms with van der Waals surface area (Å²) in [5, 5.41) is 3.78. The molecule has 30 heavy (non-hydrogen) atoms. The number of hydrogen-bond donors (Lipinski definition) is 1. The van der Waals surface area contributed by atoms with E-state index in [2.05, 4.69) is 10.3 Å². The number of rotatable bonds is 3. The molecule has 2 aliphatic rings. The van der Waals surface area contributed by atoms with Crippen molar-refractivity contribution >= 4 is 28.5 Å². The maximum Gasteiger partial charge on any atom is 0.251 e. The minimum atomic E-state index is -0.769. The second kappa shape index (κ2) is 7.47. The molecule has 0 bridgehead atoms. The molecule has 0 saturated carbocycles. The van der Waals surface area contributed by atoms with Crippen molar-refractivity contribution in [2.24, 2.45) is 11.3 Å². The third-order valence-electron chi connectivity index (χ3n) is 5.98. The van der Waals surface area contributed by atoms with E-state index in [0.29, 0.717) is 12.1 Å². The van der Waals surface area contributed by atoms with E-state index in [0.717, 1.165) is 10.9 Å². The van der Waals surface area contributed by atoms with Crippen LogP contribution >= 0.6 is 0 Å². The maximum atomic E-state index is 13.5. The number of fused-ring (bicyclic) bond motifs is 2. The number of carbonyl (C=O) groups excluding carboxylic acids is 3. The van der Waals surface area contributed by atoms with Gasteiger partial charge in [-0.05, 0) is 29.7 Å². The first-order valence-corrected chi connectivity index (χ1v) is 10.3. The fourth-order valence-corrected chi connectivity index (χ4v) is 4.37. The molecule has 158 valence electrons. The number of nitrogens with one attached hydrogen (secondary N) is 1. The number of hydrogen-bond acceptors (Lipinski definition) is 5. The molecule has 2 saturated heterocycles. The Morgan fingerprint density at radius 3 is 2.77 bits per heavy atom. The average molecular weight is 409 g/mol. The maximum absolute atomic E-state index is 13.5. The second-order valence-corrected chi connectivity index (χ2v) is 9.34. The fourth-order valence-electron chi connectivity index (χ4n) is 4.37. The highest BCUT2D eigenvalue weighted by molar-refractivity contribution is 6.01. The summed E-state index contributed by atoms with van der Waals surface area (Å²) in [4.78, 5) is 44.7. The molecule has 3 heterocycles. The highest BCUT2D eigenvalue weighted by atomic mass is 16.5. The Bertz CT molecular complexity index is 1010. The number of carbonyl (C=O) groups is 3. The molecule has 0 aliphatic carbocycles. The average Bonchev–Trinajstić information content (AvgIpc) is 3.25. The summed E-state index contributed by atoms with van der Waals surface area (Å²) in [6.45, 7) is 8.20. The first-order valence-electron chi connectivity index (χ1n) is 10.3. The van der Waals surface area contributed by atoms with Crippen molar-refractivity contribution < 1.29 is 19.1 Å². The highest BCUT2D eigenvalue weighted by Gasteiger charge is 2.52. The van der Waals surface area contributed by atoms with Gasteiger partial charge >= 0.3 is 0 Å². The predicted octanol–water partition coefficient (Wildman–Crippen LogP) is 2.19. The lowest BCUT2D eigenvalue weighted by Crippen LogP contribution is -2.57. The van der Waals surface area contributed by atoms with Gasteiger partial charge < -0.3 is 15.0 Å². The van der Waals surface area contributed by atoms with E-state index >= 15 is 0 Å². The Morgan fingerprint density at radius 2 is 2.03 bits per heavy atom. The largest absolute Gasteiger partial charge is 0.367 e. The number of Topliss-reactive ketones (excluding diaryl/α,β-unsaturated/α-hetero) is 1. The van der Waals surface area contributed by atoms with Crippen LogP contribution in [0.1, 0.15) is 38.1 Å². The summed E-state index contributed by atoms with van der Waals surface area (Å²) in [6.07, 6.45) is 1.44. The van der Waals surface area contributed by atoms with E-state index in [1.807, 2.05) is 39.8 Å². The van der Waals surface area contributed by atoms with Gasteiger partial charge in [0, 0.05) is 29.6 Å². The topological polar surface area (TPSA) is 88.6 Å². The van der Waals surface area contributed by atoms with Gasteiger partial charge in [-0.15, -0.1) is 0 Å². The van der Waals surface area contributed by atoms with E-state index < -0.39 is 17.5 Å². The number of aromatic nitrogens is 1. The van der Waals surface area contributed by atoms with Gasteiger partial charge in [0.25, 0.3) is 5.91 Å². The number of likely N-dealkylation sites (tertiary alicyclic amines) is 1. The molecule has 1 aromatic carbocycles. The zero-order chi connectivity index (χ0) is 21.6. The molecule has 2 aliphatic heterocycles. The lowest BCUT2D eigenvalue weighted by molar-refractivity contribution is -0.140. The Labute approximate surface area is 175 Å². The van der Waals surface area contributed by atoms with Gasteiger partial charge in [-0.25, -0.2) is 0 Å². The van der Waals surface area contributed by atoms with Crippen LogP contribution in [0.15, 0.2) is 36.5 Å². The standard InChI is InChI=1S/C23H27N3O4/c1-13-11-26(18-17(27)12-30-19(13)18)22(29)20(23(2,3)4)25-21(28)15-7-8-16-14(10-15)6-5-9-24-16/h5-10,13,18-20H,11-12H2,1-4H3,(H,25,28)/t13-,18-,19-,20?/m1/s1. The summed E-state index contributed by atoms with van der Waals surface area (Å²) in [5.41, 5.74) is 0.731. The van der Waals surface area contributed by atoms with Crippen molar-refractivity contribution in [3.63, 3.8) is 0 Å². The third kappa shape index (κ3) is 3.58. The second-order valence-electron chi connectivity index (χ2n) is 9.34. The van der Waals surface area contributed by atoms with Crippen molar-refractivity contribution in [3.8, 4) is 0 Å². The van der Waals surface area contributed by atoms with Crippen molar-refractivity contribution in [2.45, 2.75) is 45.9 Å². The van der Waals surface area contributed by atoms with Crippen LogP contribution in [0.3, 0.4) is 0 Å². The van der Waals surface area contributed by atoms with Crippen molar-refractivity contribution in [1.29, 1.82) is 0 Å². The Hall–Kier alpha value is -2.80. The molecular weight excluding hydrogens is 382 g/mol. The monoisotopic (exact) mass is 409 g/mol. The molecule has 1 aromatic heterocycles. The van der Waals surface area contributed by atoms with E-state index in [1.165, 1.54) is 0 Å². The molecule has 7 heteroatoms. The quantitative estimate of drug-likeness (QED) is 0.840. The normalized spacial score (nSPS) is 24.7. The Kier molecular flexibility index (Phi) is 5.10. The molecule has 2 amide bonds. The van der Waals surface area contributed by atoms with E-state index in [1.54, 1.807) is 29.3 Å². The van der Waals surface area contributed by atoms with E-state index in [4.69, 9.17) is 4.74 Å². The minimum Gasteiger partial charge on any atom is -0.367 e. The SMILES string of the molecule is C[C@@H]1CN(C(=O)C(NC(=O)c2ccc3ncccc3c2)C(C)(C)C)[C@@H]2C(=O)CO[C@H]12. The van der Waals surface area contributed by atoms with Gasteiger partial charge in [0.05, 0.1) is 11.6 Å². The van der Waals surface area contributed by atoms with Crippen LogP contribution in [-0.2, 0) is 14.3 Å². The van der Waals surface area contributed by atoms with Gasteiger partial charge in [0.1, 0.15) is 18.7 Å². The zero-order valence-corrected chi connectivity index (χ0v) is 17.7. The van der Waals surface area contributed by atoms with Crippen molar-refractivity contribution in [2.75, 3.05) is 13.2 Å². The van der Waals surface area contributed by atoms with E-state index in [9.17, 15) is 14.4 Å². The van der Waals surface area contributed by atoms with Gasteiger partial charge in [0.15, 0.2) is 5.78 Å². The van der Waals surface area contributed by atoms with Crippen molar-refractivity contribution in [1.82, 2.24) is 15.2 Å². The van der Waals surface area contributed by atoms with Crippen LogP contribution in [-0.4, -0.2) is 58.8 Å². The summed E-state index contributed by atoms with van der Waals surface area (Å²) < 4.78 is 5.60. The lowest BCUT2D eigenvalue weighted by atomic mass is 9.85. The van der Waals surface area contributed by atoms with Crippen LogP contribution in [0.2, 0.25) is 0 Å². The lowest BCUT2D eigenvalue weighted by Gasteiger charge is -2.35. The number of benzene rings is 1.